The molecule has 0 aromatic heterocycles. The average molecular weight is 806 g/mol. The Labute approximate surface area is 352 Å². The number of Topliss-reactive ketones (excluding diaryl/α,β-unsaturated/α-hetero) is 3. The smallest absolute Gasteiger partial charge is 0.225 e. The maximum atomic E-state index is 12.7. The minimum Gasteiger partial charge on any atom is -0.355 e. The Morgan fingerprint density at radius 3 is 1.29 bits per heavy atom. The van der Waals surface area contributed by atoms with Crippen LogP contribution in [-0.4, -0.2) is 48.2 Å². The Morgan fingerprint density at radius 2 is 0.897 bits per heavy atom. The molecule has 2 aromatic rings. The van der Waals surface area contributed by atoms with Gasteiger partial charge in [0, 0.05) is 64.3 Å². The summed E-state index contributed by atoms with van der Waals surface area (Å²) >= 11 is 0. The molecule has 9 nitrogen and oxygen atoms in total. The van der Waals surface area contributed by atoms with Gasteiger partial charge in [-0.05, 0) is 17.5 Å². The van der Waals surface area contributed by atoms with E-state index in [1.807, 2.05) is 185 Å². The standard InChI is InChI=1S/C19H29NO2.C18H27NO2.C12H23NO2/c1-18(2,3)16(21)15(12-14-10-8-7-9-11-14)13-20-17(22)19(4,5)6;1-17(2,3)15(20)12-14(13-10-8-7-9-11-13)19-16(21)18(4,5)6;1-11(2,3)9(14)7-8-13-10(15)12(4,5)6/h7-11,15H,12-13H2,1-6H3,(H,20,22);7-11,14H,12H2,1-6H3,(H,19,21);7-8H2,1-6H3,(H,13,15)/t15-;14-;/m10./s1. The van der Waals surface area contributed by atoms with Crippen LogP contribution in [0.4, 0.5) is 0 Å². The van der Waals surface area contributed by atoms with E-state index in [4.69, 9.17) is 0 Å². The van der Waals surface area contributed by atoms with Gasteiger partial charge < -0.3 is 16.0 Å². The zero-order valence-electron chi connectivity index (χ0n) is 39.4. The van der Waals surface area contributed by atoms with E-state index >= 15 is 0 Å². The number of rotatable bonds is 12. The van der Waals surface area contributed by atoms with Crippen LogP contribution >= 0.6 is 0 Å². The Balaban J connectivity index is 0.000000857. The number of hydrogen-bond donors (Lipinski definition) is 3. The average Bonchev–Trinajstić information content (AvgIpc) is 3.08. The van der Waals surface area contributed by atoms with Gasteiger partial charge in [0.2, 0.25) is 17.7 Å². The molecule has 0 spiro atoms. The molecule has 0 saturated carbocycles. The molecule has 58 heavy (non-hydrogen) atoms. The van der Waals surface area contributed by atoms with Gasteiger partial charge in [-0.25, -0.2) is 0 Å². The quantitative estimate of drug-likeness (QED) is 0.195. The molecule has 3 amide bonds. The molecule has 2 atom stereocenters. The van der Waals surface area contributed by atoms with Crippen molar-refractivity contribution in [2.75, 3.05) is 13.1 Å². The van der Waals surface area contributed by atoms with E-state index in [-0.39, 0.29) is 57.9 Å². The molecule has 0 saturated heterocycles. The summed E-state index contributed by atoms with van der Waals surface area (Å²) in [6.07, 6.45) is 1.38. The topological polar surface area (TPSA) is 139 Å². The van der Waals surface area contributed by atoms with E-state index in [9.17, 15) is 28.8 Å². The van der Waals surface area contributed by atoms with Crippen LogP contribution in [0.2, 0.25) is 0 Å². The highest BCUT2D eigenvalue weighted by atomic mass is 16.2. The minimum absolute atomic E-state index is 0.00999. The number of amides is 3. The molecule has 0 aliphatic heterocycles. The summed E-state index contributed by atoms with van der Waals surface area (Å²) < 4.78 is 0. The number of nitrogens with one attached hydrogen (secondary N) is 3. The lowest BCUT2D eigenvalue weighted by Gasteiger charge is -2.26. The summed E-state index contributed by atoms with van der Waals surface area (Å²) in [5.74, 6) is 0.232. The summed E-state index contributed by atoms with van der Waals surface area (Å²) in [4.78, 5) is 72.4. The highest BCUT2D eigenvalue weighted by Crippen LogP contribution is 2.27. The molecular formula is C49H79N3O6. The van der Waals surface area contributed by atoms with Crippen molar-refractivity contribution in [1.29, 1.82) is 0 Å². The Hall–Kier alpha value is -4.14. The summed E-state index contributed by atoms with van der Waals surface area (Å²) in [5, 5.41) is 8.72. The monoisotopic (exact) mass is 806 g/mol. The maximum absolute atomic E-state index is 12.7. The first-order valence-electron chi connectivity index (χ1n) is 20.7. The van der Waals surface area contributed by atoms with Crippen molar-refractivity contribution in [2.24, 2.45) is 38.4 Å². The summed E-state index contributed by atoms with van der Waals surface area (Å²) in [5.41, 5.74) is -0.342. The van der Waals surface area contributed by atoms with Crippen LogP contribution in [-0.2, 0) is 35.2 Å². The Kier molecular flexibility index (Phi) is 20.7. The fraction of sp³-hybridized carbons (Fsp3) is 0.633. The van der Waals surface area contributed by atoms with Gasteiger partial charge in [-0.1, -0.05) is 185 Å². The molecule has 0 unspecified atom stereocenters. The van der Waals surface area contributed by atoms with Crippen molar-refractivity contribution in [3.8, 4) is 0 Å². The fourth-order valence-corrected chi connectivity index (χ4v) is 4.98. The number of benzene rings is 2. The SMILES string of the molecule is CC(C)(C)C(=O)CCNC(=O)C(C)(C)C.CC(C)(C)C(=O)C[C@H](NC(=O)C(C)(C)C)c1ccccc1.CC(C)(C)C(=O)NC[C@@H](Cc1ccccc1)C(=O)C(C)(C)C. The van der Waals surface area contributed by atoms with Crippen molar-refractivity contribution in [2.45, 2.75) is 150 Å². The van der Waals surface area contributed by atoms with Gasteiger partial charge >= 0.3 is 0 Å². The Morgan fingerprint density at radius 1 is 0.483 bits per heavy atom. The van der Waals surface area contributed by atoms with Crippen LogP contribution in [0.15, 0.2) is 60.7 Å². The zero-order chi connectivity index (χ0) is 45.5. The lowest BCUT2D eigenvalue weighted by Crippen LogP contribution is -2.42. The summed E-state index contributed by atoms with van der Waals surface area (Å²) in [7, 11) is 0. The molecule has 2 aromatic carbocycles. The van der Waals surface area contributed by atoms with Gasteiger partial charge in [0.15, 0.2) is 0 Å². The van der Waals surface area contributed by atoms with Crippen LogP contribution in [0.3, 0.4) is 0 Å². The van der Waals surface area contributed by atoms with E-state index in [0.29, 0.717) is 32.4 Å². The van der Waals surface area contributed by atoms with Crippen molar-refractivity contribution in [1.82, 2.24) is 16.0 Å². The normalized spacial score (nSPS) is 13.3. The first-order valence-corrected chi connectivity index (χ1v) is 20.7. The highest BCUT2D eigenvalue weighted by Gasteiger charge is 2.32. The molecule has 0 radical (unpaired) electrons. The summed E-state index contributed by atoms with van der Waals surface area (Å²) in [6.45, 7) is 34.8. The fourth-order valence-electron chi connectivity index (χ4n) is 4.98. The molecule has 0 bridgehead atoms. The second-order valence-electron chi connectivity index (χ2n) is 21.5. The lowest BCUT2D eigenvalue weighted by molar-refractivity contribution is -0.132. The lowest BCUT2D eigenvalue weighted by atomic mass is 9.80. The van der Waals surface area contributed by atoms with E-state index in [1.54, 1.807) is 0 Å². The van der Waals surface area contributed by atoms with E-state index in [2.05, 4.69) is 16.0 Å². The first-order chi connectivity index (χ1) is 26.1. The third kappa shape index (κ3) is 21.6. The second-order valence-corrected chi connectivity index (χ2v) is 21.5. The van der Waals surface area contributed by atoms with E-state index < -0.39 is 21.7 Å². The maximum Gasteiger partial charge on any atom is 0.225 e. The first kappa shape index (κ1) is 53.9. The van der Waals surface area contributed by atoms with Crippen LogP contribution < -0.4 is 16.0 Å². The van der Waals surface area contributed by atoms with Crippen LogP contribution in [0.1, 0.15) is 155 Å². The molecule has 0 aliphatic carbocycles. The van der Waals surface area contributed by atoms with Gasteiger partial charge in [-0.3, -0.25) is 28.8 Å². The molecule has 0 aliphatic rings. The largest absolute Gasteiger partial charge is 0.355 e. The molecule has 9 heteroatoms. The van der Waals surface area contributed by atoms with Gasteiger partial charge in [0.25, 0.3) is 0 Å². The molecule has 0 fully saturated rings. The summed E-state index contributed by atoms with van der Waals surface area (Å²) in [6, 6.07) is 19.4. The predicted octanol–water partition coefficient (Wildman–Crippen LogP) is 9.67. The molecule has 0 heterocycles. The van der Waals surface area contributed by atoms with Crippen LogP contribution in [0.5, 0.6) is 0 Å². The second kappa shape index (κ2) is 22.3. The van der Waals surface area contributed by atoms with E-state index in [1.165, 1.54) is 0 Å². The molecular weight excluding hydrogens is 727 g/mol. The van der Waals surface area contributed by atoms with Crippen molar-refractivity contribution in [3.05, 3.63) is 71.8 Å². The van der Waals surface area contributed by atoms with E-state index in [0.717, 1.165) is 11.1 Å². The van der Waals surface area contributed by atoms with Crippen LogP contribution in [0.25, 0.3) is 0 Å². The number of hydrogen-bond acceptors (Lipinski definition) is 6. The highest BCUT2D eigenvalue weighted by molar-refractivity contribution is 5.88. The third-order valence-corrected chi connectivity index (χ3v) is 9.19. The van der Waals surface area contributed by atoms with Gasteiger partial charge in [0.1, 0.15) is 17.3 Å². The third-order valence-electron chi connectivity index (χ3n) is 9.19. The molecule has 2 rings (SSSR count). The predicted molar refractivity (Wildman–Crippen MR) is 238 cm³/mol. The van der Waals surface area contributed by atoms with Gasteiger partial charge in [0.05, 0.1) is 6.04 Å². The van der Waals surface area contributed by atoms with Gasteiger partial charge in [-0.15, -0.1) is 0 Å². The number of ketones is 3. The van der Waals surface area contributed by atoms with Crippen molar-refractivity contribution < 1.29 is 28.8 Å². The Bertz CT molecular complexity index is 1570. The minimum atomic E-state index is -0.474. The van der Waals surface area contributed by atoms with Crippen LogP contribution in [0, 0.1) is 38.4 Å². The van der Waals surface area contributed by atoms with Crippen molar-refractivity contribution in [3.63, 3.8) is 0 Å². The molecule has 326 valence electrons. The van der Waals surface area contributed by atoms with Gasteiger partial charge in [-0.2, -0.15) is 0 Å². The van der Waals surface area contributed by atoms with Crippen molar-refractivity contribution >= 4 is 35.1 Å². The molecule has 3 N–H and O–H groups in total. The number of carbonyl (C=O) groups is 6. The number of carbonyl (C=O) groups excluding carboxylic acids is 6. The zero-order valence-corrected chi connectivity index (χ0v) is 39.4.